The van der Waals surface area contributed by atoms with Gasteiger partial charge in [0.1, 0.15) is 0 Å². The summed E-state index contributed by atoms with van der Waals surface area (Å²) in [5.74, 6) is 1.18. The zero-order valence-electron chi connectivity index (χ0n) is 11.8. The number of rotatable bonds is 7. The van der Waals surface area contributed by atoms with Gasteiger partial charge in [-0.25, -0.2) is 0 Å². The first-order valence-corrected chi connectivity index (χ1v) is 9.17. The van der Waals surface area contributed by atoms with Crippen LogP contribution in [-0.2, 0) is 6.42 Å². The SMILES string of the molecule is CCCNC(CSC(C)(C)C)Cc1cc(Br)cs1. The molecular formula is C14H24BrNS2. The molecule has 0 spiro atoms. The Morgan fingerprint density at radius 2 is 2.17 bits per heavy atom. The molecule has 1 atom stereocenters. The minimum absolute atomic E-state index is 0.349. The maximum absolute atomic E-state index is 3.67. The Balaban J connectivity index is 2.49. The van der Waals surface area contributed by atoms with Gasteiger partial charge < -0.3 is 5.32 Å². The normalized spacial score (nSPS) is 13.8. The summed E-state index contributed by atoms with van der Waals surface area (Å²) in [4.78, 5) is 1.46. The van der Waals surface area contributed by atoms with E-state index in [-0.39, 0.29) is 0 Å². The van der Waals surface area contributed by atoms with Crippen molar-refractivity contribution in [2.75, 3.05) is 12.3 Å². The van der Waals surface area contributed by atoms with Crippen molar-refractivity contribution in [1.82, 2.24) is 5.32 Å². The molecule has 0 fully saturated rings. The van der Waals surface area contributed by atoms with Gasteiger partial charge in [0.25, 0.3) is 0 Å². The average molecular weight is 350 g/mol. The zero-order valence-corrected chi connectivity index (χ0v) is 15.0. The Morgan fingerprint density at radius 1 is 1.44 bits per heavy atom. The number of thioether (sulfide) groups is 1. The second-order valence-corrected chi connectivity index (χ2v) is 9.27. The van der Waals surface area contributed by atoms with Crippen LogP contribution in [0.3, 0.4) is 0 Å². The predicted octanol–water partition coefficient (Wildman–Crippen LogP) is 4.95. The molecule has 0 bridgehead atoms. The van der Waals surface area contributed by atoms with Crippen LogP contribution in [0.25, 0.3) is 0 Å². The van der Waals surface area contributed by atoms with Gasteiger partial charge in [-0.3, -0.25) is 0 Å². The molecule has 1 aromatic heterocycles. The van der Waals surface area contributed by atoms with Crippen molar-refractivity contribution in [3.63, 3.8) is 0 Å². The fraction of sp³-hybridized carbons (Fsp3) is 0.714. The number of hydrogen-bond acceptors (Lipinski definition) is 3. The minimum atomic E-state index is 0.349. The lowest BCUT2D eigenvalue weighted by atomic mass is 10.2. The second kappa shape index (κ2) is 7.93. The van der Waals surface area contributed by atoms with Crippen LogP contribution in [0, 0.1) is 0 Å². The van der Waals surface area contributed by atoms with Gasteiger partial charge in [-0.2, -0.15) is 11.8 Å². The van der Waals surface area contributed by atoms with E-state index in [4.69, 9.17) is 0 Å². The highest BCUT2D eigenvalue weighted by molar-refractivity contribution is 9.10. The van der Waals surface area contributed by atoms with Crippen LogP contribution in [0.15, 0.2) is 15.9 Å². The summed E-state index contributed by atoms with van der Waals surface area (Å²) >= 11 is 7.43. The van der Waals surface area contributed by atoms with E-state index in [1.807, 2.05) is 23.1 Å². The van der Waals surface area contributed by atoms with Gasteiger partial charge in [-0.15, -0.1) is 11.3 Å². The molecule has 0 aromatic carbocycles. The third kappa shape index (κ3) is 7.17. The lowest BCUT2D eigenvalue weighted by Crippen LogP contribution is -2.35. The molecule has 1 rings (SSSR count). The highest BCUT2D eigenvalue weighted by atomic mass is 79.9. The second-order valence-electron chi connectivity index (χ2n) is 5.51. The summed E-state index contributed by atoms with van der Waals surface area (Å²) in [6.07, 6.45) is 2.34. The highest BCUT2D eigenvalue weighted by Gasteiger charge is 2.16. The van der Waals surface area contributed by atoms with Crippen LogP contribution in [0.4, 0.5) is 0 Å². The van der Waals surface area contributed by atoms with E-state index < -0.39 is 0 Å². The first-order valence-electron chi connectivity index (χ1n) is 6.51. The first kappa shape index (κ1) is 16.5. The van der Waals surface area contributed by atoms with E-state index in [1.165, 1.54) is 21.5 Å². The maximum Gasteiger partial charge on any atom is 0.0285 e. The molecule has 1 heterocycles. The number of halogens is 1. The van der Waals surface area contributed by atoms with E-state index in [2.05, 4.69) is 60.4 Å². The van der Waals surface area contributed by atoms with Gasteiger partial charge in [0.15, 0.2) is 0 Å². The van der Waals surface area contributed by atoms with E-state index in [9.17, 15) is 0 Å². The molecule has 1 aromatic rings. The molecule has 0 amide bonds. The summed E-state index contributed by atoms with van der Waals surface area (Å²) in [6, 6.07) is 2.83. The van der Waals surface area contributed by atoms with Crippen molar-refractivity contribution < 1.29 is 0 Å². The third-order valence-electron chi connectivity index (χ3n) is 2.47. The molecule has 0 aliphatic carbocycles. The van der Waals surface area contributed by atoms with Crippen LogP contribution < -0.4 is 5.32 Å². The summed E-state index contributed by atoms with van der Waals surface area (Å²) in [5, 5.41) is 5.84. The van der Waals surface area contributed by atoms with Crippen LogP contribution in [-0.4, -0.2) is 23.1 Å². The summed E-state index contributed by atoms with van der Waals surface area (Å²) in [7, 11) is 0. The molecule has 0 saturated carbocycles. The smallest absolute Gasteiger partial charge is 0.0285 e. The molecule has 1 nitrogen and oxygen atoms in total. The molecule has 0 aliphatic rings. The monoisotopic (exact) mass is 349 g/mol. The zero-order chi connectivity index (χ0) is 13.6. The minimum Gasteiger partial charge on any atom is -0.313 e. The van der Waals surface area contributed by atoms with Gasteiger partial charge in [-0.05, 0) is 41.4 Å². The molecule has 4 heteroatoms. The van der Waals surface area contributed by atoms with E-state index in [0.717, 1.165) is 13.0 Å². The van der Waals surface area contributed by atoms with Crippen molar-refractivity contribution in [3.8, 4) is 0 Å². The highest BCUT2D eigenvalue weighted by Crippen LogP contribution is 2.26. The Hall–Kier alpha value is 0.490. The van der Waals surface area contributed by atoms with Crippen LogP contribution in [0.2, 0.25) is 0 Å². The van der Waals surface area contributed by atoms with Crippen molar-refractivity contribution in [2.45, 2.75) is 51.3 Å². The maximum atomic E-state index is 3.67. The first-order chi connectivity index (χ1) is 8.40. The average Bonchev–Trinajstić information content (AvgIpc) is 2.67. The van der Waals surface area contributed by atoms with Crippen LogP contribution >= 0.6 is 39.0 Å². The van der Waals surface area contributed by atoms with Gasteiger partial charge in [0, 0.05) is 31.3 Å². The molecule has 0 saturated heterocycles. The number of thiophene rings is 1. The Labute approximate surface area is 128 Å². The Bertz CT molecular complexity index is 344. The summed E-state index contributed by atoms with van der Waals surface area (Å²) in [5.41, 5.74) is 0. The van der Waals surface area contributed by atoms with E-state index in [1.54, 1.807) is 0 Å². The molecule has 1 N–H and O–H groups in total. The van der Waals surface area contributed by atoms with E-state index >= 15 is 0 Å². The van der Waals surface area contributed by atoms with Crippen molar-refractivity contribution in [1.29, 1.82) is 0 Å². The molecule has 1 unspecified atom stereocenters. The van der Waals surface area contributed by atoms with Crippen molar-refractivity contribution in [2.24, 2.45) is 0 Å². The van der Waals surface area contributed by atoms with Gasteiger partial charge in [0.05, 0.1) is 0 Å². The Kier molecular flexibility index (Phi) is 7.29. The molecule has 18 heavy (non-hydrogen) atoms. The molecule has 0 aliphatic heterocycles. The fourth-order valence-corrected chi connectivity index (χ4v) is 4.06. The molecule has 0 radical (unpaired) electrons. The summed E-state index contributed by atoms with van der Waals surface area (Å²) < 4.78 is 1.56. The predicted molar refractivity (Wildman–Crippen MR) is 90.0 cm³/mol. The molecular weight excluding hydrogens is 326 g/mol. The van der Waals surface area contributed by atoms with Gasteiger partial charge in [-0.1, -0.05) is 27.7 Å². The largest absolute Gasteiger partial charge is 0.313 e. The standard InChI is InChI=1S/C14H24BrNS2/c1-5-6-16-12(10-18-14(2,3)4)8-13-7-11(15)9-17-13/h7,9,12,16H,5-6,8,10H2,1-4H3. The number of nitrogens with one attached hydrogen (secondary N) is 1. The van der Waals surface area contributed by atoms with Crippen molar-refractivity contribution >= 4 is 39.0 Å². The fourth-order valence-electron chi connectivity index (χ4n) is 1.59. The van der Waals surface area contributed by atoms with Crippen LogP contribution in [0.5, 0.6) is 0 Å². The quantitative estimate of drug-likeness (QED) is 0.746. The Morgan fingerprint density at radius 3 is 2.67 bits per heavy atom. The lowest BCUT2D eigenvalue weighted by Gasteiger charge is -2.23. The molecule has 104 valence electrons. The summed E-state index contributed by atoms with van der Waals surface area (Å²) in [6.45, 7) is 10.2. The van der Waals surface area contributed by atoms with Crippen molar-refractivity contribution in [3.05, 3.63) is 20.8 Å². The number of hydrogen-bond donors (Lipinski definition) is 1. The van der Waals surface area contributed by atoms with Gasteiger partial charge >= 0.3 is 0 Å². The topological polar surface area (TPSA) is 12.0 Å². The lowest BCUT2D eigenvalue weighted by molar-refractivity contribution is 0.551. The third-order valence-corrected chi connectivity index (χ3v) is 5.62. The van der Waals surface area contributed by atoms with E-state index in [0.29, 0.717) is 10.8 Å². The van der Waals surface area contributed by atoms with Gasteiger partial charge in [0.2, 0.25) is 0 Å². The van der Waals surface area contributed by atoms with Crippen LogP contribution in [0.1, 0.15) is 39.0 Å².